The quantitative estimate of drug-likeness (QED) is 0.725. The second-order valence-electron chi connectivity index (χ2n) is 4.72. The van der Waals surface area contributed by atoms with E-state index in [0.717, 1.165) is 31.6 Å². The lowest BCUT2D eigenvalue weighted by molar-refractivity contribution is 0.218. The molecule has 1 aliphatic carbocycles. The van der Waals surface area contributed by atoms with E-state index in [0.29, 0.717) is 11.3 Å². The van der Waals surface area contributed by atoms with Crippen molar-refractivity contribution in [2.75, 3.05) is 19.5 Å². The lowest BCUT2D eigenvalue weighted by atomic mass is 9.99. The van der Waals surface area contributed by atoms with E-state index in [1.165, 1.54) is 0 Å². The highest BCUT2D eigenvalue weighted by molar-refractivity contribution is 7.99. The van der Waals surface area contributed by atoms with E-state index in [2.05, 4.69) is 25.2 Å². The fourth-order valence-electron chi connectivity index (χ4n) is 2.26. The van der Waals surface area contributed by atoms with Gasteiger partial charge < -0.3 is 4.74 Å². The molecule has 3 nitrogen and oxygen atoms in total. The first kappa shape index (κ1) is 13.8. The molecule has 1 fully saturated rings. The molecule has 92 valence electrons. The van der Waals surface area contributed by atoms with Crippen LogP contribution in [-0.2, 0) is 4.74 Å². The molecule has 0 aliphatic heterocycles. The number of hydrogen-bond donors (Lipinski definition) is 1. The highest BCUT2D eigenvalue weighted by atomic mass is 32.2. The average molecular weight is 242 g/mol. The van der Waals surface area contributed by atoms with Crippen LogP contribution >= 0.6 is 11.8 Å². The lowest BCUT2D eigenvalue weighted by Gasteiger charge is -2.25. The summed E-state index contributed by atoms with van der Waals surface area (Å²) in [6, 6.07) is 2.85. The minimum Gasteiger partial charge on any atom is -0.384 e. The van der Waals surface area contributed by atoms with Crippen molar-refractivity contribution in [1.82, 2.24) is 5.32 Å². The largest absolute Gasteiger partial charge is 0.384 e. The van der Waals surface area contributed by atoms with Gasteiger partial charge in [0.15, 0.2) is 0 Å². The van der Waals surface area contributed by atoms with Crippen LogP contribution in [0.25, 0.3) is 0 Å². The number of nitrogens with one attached hydrogen (secondary N) is 1. The van der Waals surface area contributed by atoms with E-state index in [1.54, 1.807) is 7.11 Å². The maximum Gasteiger partial charge on any atom is 0.108 e. The van der Waals surface area contributed by atoms with E-state index >= 15 is 0 Å². The SMILES string of the molecule is COCCSC1CCC(C#N)(NC(C)C)C1. The van der Waals surface area contributed by atoms with Crippen molar-refractivity contribution >= 4 is 11.8 Å². The molecule has 0 aromatic heterocycles. The topological polar surface area (TPSA) is 45.0 Å². The van der Waals surface area contributed by atoms with Gasteiger partial charge in [0, 0.05) is 24.2 Å². The predicted molar refractivity (Wildman–Crippen MR) is 68.6 cm³/mol. The standard InChI is InChI=1S/C12H22N2OS/c1-10(2)14-12(9-13)5-4-11(8-12)16-7-6-15-3/h10-11,14H,4-8H2,1-3H3. The van der Waals surface area contributed by atoms with E-state index in [1.807, 2.05) is 11.8 Å². The predicted octanol–water partition coefficient (Wildman–Crippen LogP) is 2.18. The molecule has 0 aromatic rings. The lowest BCUT2D eigenvalue weighted by Crippen LogP contribution is -2.45. The molecule has 2 atom stereocenters. The van der Waals surface area contributed by atoms with Crippen molar-refractivity contribution in [3.8, 4) is 6.07 Å². The zero-order chi connectivity index (χ0) is 12.0. The number of rotatable bonds is 6. The summed E-state index contributed by atoms with van der Waals surface area (Å²) in [5.74, 6) is 1.03. The second kappa shape index (κ2) is 6.48. The highest BCUT2D eigenvalue weighted by Gasteiger charge is 2.39. The summed E-state index contributed by atoms with van der Waals surface area (Å²) in [5.41, 5.74) is -0.279. The van der Waals surface area contributed by atoms with E-state index < -0.39 is 0 Å². The van der Waals surface area contributed by atoms with Crippen molar-refractivity contribution in [2.24, 2.45) is 0 Å². The molecule has 0 bridgehead atoms. The first-order valence-electron chi connectivity index (χ1n) is 5.91. The van der Waals surface area contributed by atoms with Crippen LogP contribution in [0.15, 0.2) is 0 Å². The van der Waals surface area contributed by atoms with Crippen LogP contribution in [-0.4, -0.2) is 36.3 Å². The van der Waals surface area contributed by atoms with Gasteiger partial charge in [0.1, 0.15) is 5.54 Å². The average Bonchev–Trinajstić information content (AvgIpc) is 2.62. The maximum absolute atomic E-state index is 9.31. The third-order valence-corrected chi connectivity index (χ3v) is 4.17. The van der Waals surface area contributed by atoms with Gasteiger partial charge in [-0.05, 0) is 33.1 Å². The van der Waals surface area contributed by atoms with Crippen molar-refractivity contribution in [3.05, 3.63) is 0 Å². The third kappa shape index (κ3) is 3.97. The Bertz CT molecular complexity index is 252. The Morgan fingerprint density at radius 3 is 2.94 bits per heavy atom. The summed E-state index contributed by atoms with van der Waals surface area (Å²) >= 11 is 1.94. The minimum absolute atomic E-state index is 0.279. The summed E-state index contributed by atoms with van der Waals surface area (Å²) in [7, 11) is 1.73. The molecule has 0 aromatic carbocycles. The Hall–Kier alpha value is -0.240. The Labute approximate surface area is 103 Å². The van der Waals surface area contributed by atoms with Gasteiger partial charge in [0.25, 0.3) is 0 Å². The Morgan fingerprint density at radius 2 is 2.38 bits per heavy atom. The molecule has 16 heavy (non-hydrogen) atoms. The fourth-order valence-corrected chi connectivity index (χ4v) is 3.54. The number of nitriles is 1. The maximum atomic E-state index is 9.31. The smallest absolute Gasteiger partial charge is 0.108 e. The van der Waals surface area contributed by atoms with Gasteiger partial charge in [-0.3, -0.25) is 5.32 Å². The van der Waals surface area contributed by atoms with Crippen molar-refractivity contribution in [3.63, 3.8) is 0 Å². The Morgan fingerprint density at radius 1 is 1.62 bits per heavy atom. The van der Waals surface area contributed by atoms with Gasteiger partial charge in [-0.1, -0.05) is 0 Å². The van der Waals surface area contributed by atoms with Crippen molar-refractivity contribution in [2.45, 2.75) is 49.9 Å². The van der Waals surface area contributed by atoms with Crippen molar-refractivity contribution in [1.29, 1.82) is 5.26 Å². The molecular formula is C12H22N2OS. The second-order valence-corrected chi connectivity index (χ2v) is 6.13. The van der Waals surface area contributed by atoms with Crippen LogP contribution in [0.2, 0.25) is 0 Å². The molecule has 0 saturated heterocycles. The van der Waals surface area contributed by atoms with Gasteiger partial charge in [-0.25, -0.2) is 0 Å². The fraction of sp³-hybridized carbons (Fsp3) is 0.917. The van der Waals surface area contributed by atoms with Crippen molar-refractivity contribution < 1.29 is 4.74 Å². The van der Waals surface area contributed by atoms with Gasteiger partial charge in [-0.2, -0.15) is 17.0 Å². The molecule has 4 heteroatoms. The van der Waals surface area contributed by atoms with Crippen LogP contribution in [0.5, 0.6) is 0 Å². The van der Waals surface area contributed by atoms with E-state index in [4.69, 9.17) is 4.74 Å². The van der Waals surface area contributed by atoms with Gasteiger partial charge in [-0.15, -0.1) is 0 Å². The number of nitrogens with zero attached hydrogens (tertiary/aromatic N) is 1. The zero-order valence-electron chi connectivity index (χ0n) is 10.5. The van der Waals surface area contributed by atoms with Crippen LogP contribution in [0, 0.1) is 11.3 Å². The first-order chi connectivity index (χ1) is 7.62. The molecule has 1 N–H and O–H groups in total. The molecule has 0 spiro atoms. The van der Waals surface area contributed by atoms with E-state index in [9.17, 15) is 5.26 Å². The minimum atomic E-state index is -0.279. The molecule has 1 aliphatic rings. The van der Waals surface area contributed by atoms with Crippen LogP contribution in [0.1, 0.15) is 33.1 Å². The molecule has 0 heterocycles. The summed E-state index contributed by atoms with van der Waals surface area (Å²) in [5, 5.41) is 13.3. The molecule has 1 saturated carbocycles. The van der Waals surface area contributed by atoms with Gasteiger partial charge in [0.05, 0.1) is 12.7 Å². The Balaban J connectivity index is 2.39. The Kier molecular flexibility index (Phi) is 5.60. The van der Waals surface area contributed by atoms with Gasteiger partial charge >= 0.3 is 0 Å². The molecular weight excluding hydrogens is 220 g/mol. The normalized spacial score (nSPS) is 29.6. The number of ether oxygens (including phenoxy) is 1. The summed E-state index contributed by atoms with van der Waals surface area (Å²) in [4.78, 5) is 0. The summed E-state index contributed by atoms with van der Waals surface area (Å²) in [6.45, 7) is 5.01. The molecule has 0 radical (unpaired) electrons. The number of hydrogen-bond acceptors (Lipinski definition) is 4. The summed E-state index contributed by atoms with van der Waals surface area (Å²) in [6.07, 6.45) is 3.09. The monoisotopic (exact) mass is 242 g/mol. The van der Waals surface area contributed by atoms with E-state index in [-0.39, 0.29) is 5.54 Å². The first-order valence-corrected chi connectivity index (χ1v) is 6.96. The zero-order valence-corrected chi connectivity index (χ0v) is 11.3. The molecule has 2 unspecified atom stereocenters. The molecule has 1 rings (SSSR count). The summed E-state index contributed by atoms with van der Waals surface area (Å²) < 4.78 is 5.04. The van der Waals surface area contributed by atoms with Crippen LogP contribution in [0.3, 0.4) is 0 Å². The molecule has 0 amide bonds. The van der Waals surface area contributed by atoms with Gasteiger partial charge in [0.2, 0.25) is 0 Å². The van der Waals surface area contributed by atoms with Crippen LogP contribution < -0.4 is 5.32 Å². The third-order valence-electron chi connectivity index (χ3n) is 2.89. The number of thioether (sulfide) groups is 1. The van der Waals surface area contributed by atoms with Crippen LogP contribution in [0.4, 0.5) is 0 Å². The highest BCUT2D eigenvalue weighted by Crippen LogP contribution is 2.36. The number of methoxy groups -OCH3 is 1.